The van der Waals surface area contributed by atoms with Crippen LogP contribution in [0.2, 0.25) is 0 Å². The van der Waals surface area contributed by atoms with E-state index in [0.717, 1.165) is 44.1 Å². The van der Waals surface area contributed by atoms with Crippen molar-refractivity contribution in [3.05, 3.63) is 82.3 Å². The topological polar surface area (TPSA) is 109 Å². The van der Waals surface area contributed by atoms with Gasteiger partial charge in [0.25, 0.3) is 0 Å². The van der Waals surface area contributed by atoms with E-state index in [4.69, 9.17) is 15.2 Å². The molecule has 0 saturated carbocycles. The fourth-order valence-corrected chi connectivity index (χ4v) is 5.16. The van der Waals surface area contributed by atoms with E-state index in [1.165, 1.54) is 6.07 Å². The fraction of sp³-hybridized carbons (Fsp3) is 0.345. The number of nitrogens with zero attached hydrogens (tertiary/aromatic N) is 3. The molecule has 2 N–H and O–H groups in total. The molecule has 0 aromatic heterocycles. The molecule has 0 radical (unpaired) electrons. The molecular weight excluding hydrogens is 525 g/mol. The first-order chi connectivity index (χ1) is 19.0. The molecule has 0 aliphatic carbocycles. The number of carbonyl (C=O) groups is 2. The largest absolute Gasteiger partial charge is 0.466 e. The summed E-state index contributed by atoms with van der Waals surface area (Å²) in [6, 6.07) is 13.6. The summed E-state index contributed by atoms with van der Waals surface area (Å²) in [5, 5.41) is 10.2. The highest BCUT2D eigenvalue weighted by molar-refractivity contribution is 6.07. The van der Waals surface area contributed by atoms with Crippen molar-refractivity contribution in [2.45, 2.75) is 31.9 Å². The van der Waals surface area contributed by atoms with Crippen LogP contribution in [0, 0.1) is 17.2 Å². The Kier molecular flexibility index (Phi) is 8.09. The van der Waals surface area contributed by atoms with E-state index in [1.54, 1.807) is 30.3 Å². The molecule has 8 nitrogen and oxygen atoms in total. The van der Waals surface area contributed by atoms with Crippen LogP contribution in [0.5, 0.6) is 0 Å². The van der Waals surface area contributed by atoms with Crippen molar-refractivity contribution in [3.63, 3.8) is 0 Å². The van der Waals surface area contributed by atoms with Gasteiger partial charge in [0, 0.05) is 13.1 Å². The number of halogens is 3. The highest BCUT2D eigenvalue weighted by atomic mass is 19.4. The van der Waals surface area contributed by atoms with E-state index in [1.807, 2.05) is 11.0 Å². The first kappa shape index (κ1) is 28.5. The molecule has 2 aromatic carbocycles. The number of carbonyl (C=O) groups excluding carboxylic acids is 2. The van der Waals surface area contributed by atoms with Gasteiger partial charge in [0.2, 0.25) is 0 Å². The first-order valence-electron chi connectivity index (χ1n) is 12.6. The fourth-order valence-electron chi connectivity index (χ4n) is 5.16. The lowest BCUT2D eigenvalue weighted by molar-refractivity contribution is -0.139. The molecule has 1 unspecified atom stereocenters. The Bertz CT molecular complexity index is 1400. The van der Waals surface area contributed by atoms with Crippen LogP contribution >= 0.6 is 0 Å². The number of ether oxygens (including phenoxy) is 2. The van der Waals surface area contributed by atoms with Crippen molar-refractivity contribution < 1.29 is 32.2 Å². The van der Waals surface area contributed by atoms with Crippen LogP contribution in [0.15, 0.2) is 71.2 Å². The quantitative estimate of drug-likeness (QED) is 0.523. The van der Waals surface area contributed by atoms with Crippen molar-refractivity contribution in [3.8, 4) is 6.07 Å². The molecule has 210 valence electrons. The minimum atomic E-state index is -4.72. The molecule has 2 aliphatic rings. The molecule has 40 heavy (non-hydrogen) atoms. The minimum absolute atomic E-state index is 0.108. The summed E-state index contributed by atoms with van der Waals surface area (Å²) in [5.74, 6) is -2.98. The number of rotatable bonds is 5. The second-order valence-corrected chi connectivity index (χ2v) is 9.71. The number of allylic oxidation sites excluding steroid dienone is 1. The zero-order valence-corrected chi connectivity index (χ0v) is 22.3. The zero-order valence-electron chi connectivity index (χ0n) is 22.3. The number of alkyl halides is 3. The van der Waals surface area contributed by atoms with Crippen LogP contribution in [-0.4, -0.2) is 39.2 Å². The smallest absolute Gasteiger partial charge is 0.416 e. The van der Waals surface area contributed by atoms with Crippen LogP contribution in [0.3, 0.4) is 0 Å². The molecule has 0 bridgehead atoms. The lowest BCUT2D eigenvalue weighted by atomic mass is 9.80. The molecule has 1 atom stereocenters. The lowest BCUT2D eigenvalue weighted by Gasteiger charge is -2.40. The minimum Gasteiger partial charge on any atom is -0.466 e. The highest BCUT2D eigenvalue weighted by Crippen LogP contribution is 2.47. The maximum absolute atomic E-state index is 14.0. The van der Waals surface area contributed by atoms with E-state index < -0.39 is 35.3 Å². The van der Waals surface area contributed by atoms with Crippen LogP contribution in [0.25, 0.3) is 0 Å². The highest BCUT2D eigenvalue weighted by Gasteiger charge is 2.44. The normalized spacial score (nSPS) is 18.5. The van der Waals surface area contributed by atoms with Crippen molar-refractivity contribution in [1.29, 1.82) is 5.26 Å². The predicted molar refractivity (Wildman–Crippen MR) is 142 cm³/mol. The summed E-state index contributed by atoms with van der Waals surface area (Å²) in [7, 11) is 2.19. The number of hydrogen-bond donors (Lipinski definition) is 1. The molecular formula is C29H29F3N4O4. The number of anilines is 2. The van der Waals surface area contributed by atoms with Gasteiger partial charge in [-0.25, -0.2) is 9.59 Å². The average Bonchev–Trinajstić information content (AvgIpc) is 2.95. The number of nitrogens with two attached hydrogens (primary N) is 1. The molecule has 0 spiro atoms. The van der Waals surface area contributed by atoms with Crippen molar-refractivity contribution in [2.24, 2.45) is 11.7 Å². The van der Waals surface area contributed by atoms with Gasteiger partial charge in [0.05, 0.1) is 54.3 Å². The van der Waals surface area contributed by atoms with Gasteiger partial charge < -0.3 is 20.1 Å². The number of benzene rings is 2. The molecule has 0 amide bonds. The monoisotopic (exact) mass is 554 g/mol. The maximum Gasteiger partial charge on any atom is 0.416 e. The standard InChI is InChI=1S/C29H29F3N4O4/c1-17-11-13-35(14-12-17)21-10-9-19(29(30,31)32)15-22(21)36-25(28(38)40-3)24(27(37)39-2)23(20(16-33)26(36)34)18-7-5-4-6-8-18/h4-10,15,17,23H,11-14,34H2,1-3H3. The number of esters is 2. The Labute approximate surface area is 230 Å². The third-order valence-electron chi connectivity index (χ3n) is 7.28. The molecule has 2 aromatic rings. The van der Waals surface area contributed by atoms with Gasteiger partial charge in [-0.15, -0.1) is 0 Å². The van der Waals surface area contributed by atoms with Gasteiger partial charge >= 0.3 is 18.1 Å². The van der Waals surface area contributed by atoms with E-state index in [9.17, 15) is 28.0 Å². The number of nitriles is 1. The Hall–Kier alpha value is -4.46. The van der Waals surface area contributed by atoms with Crippen molar-refractivity contribution in [2.75, 3.05) is 37.1 Å². The average molecular weight is 555 g/mol. The van der Waals surface area contributed by atoms with Crippen LogP contribution in [-0.2, 0) is 25.2 Å². The van der Waals surface area contributed by atoms with Gasteiger partial charge in [-0.3, -0.25) is 4.90 Å². The van der Waals surface area contributed by atoms with Crippen LogP contribution in [0.1, 0.15) is 36.8 Å². The Morgan fingerprint density at radius 3 is 2.17 bits per heavy atom. The summed E-state index contributed by atoms with van der Waals surface area (Å²) in [6.07, 6.45) is -3.11. The Morgan fingerprint density at radius 2 is 1.62 bits per heavy atom. The van der Waals surface area contributed by atoms with E-state index >= 15 is 0 Å². The van der Waals surface area contributed by atoms with Crippen molar-refractivity contribution >= 4 is 23.3 Å². The molecule has 2 heterocycles. The molecule has 1 fully saturated rings. The molecule has 4 rings (SSSR count). The van der Waals surface area contributed by atoms with E-state index in [-0.39, 0.29) is 22.7 Å². The van der Waals surface area contributed by atoms with Crippen LogP contribution < -0.4 is 15.5 Å². The van der Waals surface area contributed by atoms with Gasteiger partial charge in [-0.05, 0) is 42.5 Å². The summed E-state index contributed by atoms with van der Waals surface area (Å²) in [4.78, 5) is 29.6. The second-order valence-electron chi connectivity index (χ2n) is 9.71. The van der Waals surface area contributed by atoms with Gasteiger partial charge in [-0.1, -0.05) is 37.3 Å². The lowest BCUT2D eigenvalue weighted by Crippen LogP contribution is -2.42. The summed E-state index contributed by atoms with van der Waals surface area (Å²) >= 11 is 0. The SMILES string of the molecule is COC(=O)C1=C(C(=O)OC)N(c2cc(C(F)(F)F)ccc2N2CCC(C)CC2)C(N)=C(C#N)C1c1ccccc1. The van der Waals surface area contributed by atoms with Gasteiger partial charge in [0.15, 0.2) is 0 Å². The maximum atomic E-state index is 14.0. The molecule has 11 heteroatoms. The summed E-state index contributed by atoms with van der Waals surface area (Å²) in [5.41, 5.74) is 5.44. The third-order valence-corrected chi connectivity index (χ3v) is 7.28. The van der Waals surface area contributed by atoms with Crippen molar-refractivity contribution in [1.82, 2.24) is 0 Å². The number of hydrogen-bond acceptors (Lipinski definition) is 8. The molecule has 1 saturated heterocycles. The number of methoxy groups -OCH3 is 2. The van der Waals surface area contributed by atoms with Crippen LogP contribution in [0.4, 0.5) is 24.5 Å². The Balaban J connectivity index is 2.08. The zero-order chi connectivity index (χ0) is 29.2. The Morgan fingerprint density at radius 1 is 1.00 bits per heavy atom. The predicted octanol–water partition coefficient (Wildman–Crippen LogP) is 4.84. The summed E-state index contributed by atoms with van der Waals surface area (Å²) in [6.45, 7) is 3.20. The van der Waals surface area contributed by atoms with Gasteiger partial charge in [0.1, 0.15) is 11.5 Å². The third kappa shape index (κ3) is 5.21. The van der Waals surface area contributed by atoms with Gasteiger partial charge in [-0.2, -0.15) is 18.4 Å². The van der Waals surface area contributed by atoms with E-state index in [0.29, 0.717) is 30.3 Å². The first-order valence-corrected chi connectivity index (χ1v) is 12.6. The number of piperidine rings is 1. The molecule has 2 aliphatic heterocycles. The van der Waals surface area contributed by atoms with E-state index in [2.05, 4.69) is 6.92 Å². The summed E-state index contributed by atoms with van der Waals surface area (Å²) < 4.78 is 51.9. The second kappa shape index (κ2) is 11.3.